The summed E-state index contributed by atoms with van der Waals surface area (Å²) in [5, 5.41) is 2.65. The first-order chi connectivity index (χ1) is 11.2. The van der Waals surface area contributed by atoms with Gasteiger partial charge in [0.1, 0.15) is 5.69 Å². The van der Waals surface area contributed by atoms with E-state index in [2.05, 4.69) is 19.9 Å². The molecule has 1 N–H and O–H groups in total. The van der Waals surface area contributed by atoms with Crippen molar-refractivity contribution in [2.24, 2.45) is 5.92 Å². The number of amides is 2. The Bertz CT molecular complexity index is 698. The van der Waals surface area contributed by atoms with Gasteiger partial charge in [-0.3, -0.25) is 14.6 Å². The molecule has 2 aromatic heterocycles. The van der Waals surface area contributed by atoms with Gasteiger partial charge in [-0.15, -0.1) is 0 Å². The van der Waals surface area contributed by atoms with Crippen LogP contribution in [0.5, 0.6) is 0 Å². The SMILES string of the molecule is CNC(=O)C[C@@H]1CN(C(=O)c2cnccn2)Cc2cccn2C1. The number of hydrogen-bond acceptors (Lipinski definition) is 4. The Hall–Kier alpha value is -2.70. The fourth-order valence-electron chi connectivity index (χ4n) is 2.90. The van der Waals surface area contributed by atoms with Crippen LogP contribution in [0, 0.1) is 5.92 Å². The Morgan fingerprint density at radius 1 is 1.35 bits per heavy atom. The Kier molecular flexibility index (Phi) is 4.36. The van der Waals surface area contributed by atoms with Crippen LogP contribution in [-0.2, 0) is 17.9 Å². The molecule has 1 atom stereocenters. The number of nitrogens with one attached hydrogen (secondary N) is 1. The lowest BCUT2D eigenvalue weighted by Crippen LogP contribution is -2.36. The van der Waals surface area contributed by atoms with Gasteiger partial charge in [0.15, 0.2) is 0 Å². The predicted octanol–water partition coefficient (Wildman–Crippen LogP) is 0.686. The highest BCUT2D eigenvalue weighted by atomic mass is 16.2. The predicted molar refractivity (Wildman–Crippen MR) is 83.4 cm³/mol. The molecule has 1 aliphatic heterocycles. The van der Waals surface area contributed by atoms with E-state index in [4.69, 9.17) is 0 Å². The van der Waals surface area contributed by atoms with Gasteiger partial charge >= 0.3 is 0 Å². The number of carbonyl (C=O) groups excluding carboxylic acids is 2. The summed E-state index contributed by atoms with van der Waals surface area (Å²) in [6.45, 7) is 1.75. The van der Waals surface area contributed by atoms with Crippen LogP contribution in [0.25, 0.3) is 0 Å². The number of rotatable bonds is 3. The zero-order valence-electron chi connectivity index (χ0n) is 13.0. The average Bonchev–Trinajstić information content (AvgIpc) is 2.93. The first-order valence-electron chi connectivity index (χ1n) is 7.57. The first-order valence-corrected chi connectivity index (χ1v) is 7.57. The molecule has 0 saturated heterocycles. The molecule has 7 heteroatoms. The summed E-state index contributed by atoms with van der Waals surface area (Å²) in [5.41, 5.74) is 1.38. The van der Waals surface area contributed by atoms with E-state index in [0.717, 1.165) is 12.2 Å². The molecular weight excluding hydrogens is 294 g/mol. The van der Waals surface area contributed by atoms with Gasteiger partial charge in [-0.05, 0) is 12.1 Å². The molecule has 0 aliphatic carbocycles. The Labute approximate surface area is 134 Å². The topological polar surface area (TPSA) is 80.1 Å². The Morgan fingerprint density at radius 2 is 2.22 bits per heavy atom. The largest absolute Gasteiger partial charge is 0.359 e. The maximum absolute atomic E-state index is 12.7. The van der Waals surface area contributed by atoms with Crippen LogP contribution in [0.15, 0.2) is 36.9 Å². The molecule has 120 valence electrons. The summed E-state index contributed by atoms with van der Waals surface area (Å²) in [6, 6.07) is 3.96. The van der Waals surface area contributed by atoms with Crippen molar-refractivity contribution in [2.75, 3.05) is 13.6 Å². The van der Waals surface area contributed by atoms with Crippen LogP contribution in [0.4, 0.5) is 0 Å². The summed E-state index contributed by atoms with van der Waals surface area (Å²) in [6.07, 6.45) is 6.90. The second kappa shape index (κ2) is 6.60. The van der Waals surface area contributed by atoms with E-state index in [1.165, 1.54) is 12.4 Å². The van der Waals surface area contributed by atoms with Gasteiger partial charge < -0.3 is 14.8 Å². The monoisotopic (exact) mass is 313 g/mol. The van der Waals surface area contributed by atoms with Crippen molar-refractivity contribution in [3.8, 4) is 0 Å². The fourth-order valence-corrected chi connectivity index (χ4v) is 2.90. The molecule has 0 saturated carbocycles. The standard InChI is InChI=1S/C16H19N5O2/c1-17-15(22)7-12-9-20-6-2-3-13(20)11-21(10-12)16(23)14-8-18-4-5-19-14/h2-6,8,12H,7,9-11H2,1H3,(H,17,22)/t12-/m0/s1. The summed E-state index contributed by atoms with van der Waals surface area (Å²) in [4.78, 5) is 34.2. The van der Waals surface area contributed by atoms with Crippen molar-refractivity contribution in [3.63, 3.8) is 0 Å². The van der Waals surface area contributed by atoms with Crippen molar-refractivity contribution in [1.29, 1.82) is 0 Å². The molecule has 0 unspecified atom stereocenters. The number of nitrogens with zero attached hydrogens (tertiary/aromatic N) is 4. The van der Waals surface area contributed by atoms with Crippen LogP contribution >= 0.6 is 0 Å². The molecule has 1 aliphatic rings. The van der Waals surface area contributed by atoms with Crippen molar-refractivity contribution >= 4 is 11.8 Å². The van der Waals surface area contributed by atoms with Gasteiger partial charge in [0.2, 0.25) is 5.91 Å². The van der Waals surface area contributed by atoms with Gasteiger partial charge in [-0.2, -0.15) is 0 Å². The third-order valence-corrected chi connectivity index (χ3v) is 4.03. The number of hydrogen-bond donors (Lipinski definition) is 1. The second-order valence-electron chi connectivity index (χ2n) is 5.67. The molecule has 7 nitrogen and oxygen atoms in total. The molecule has 0 aromatic carbocycles. The van der Waals surface area contributed by atoms with Crippen molar-refractivity contribution in [3.05, 3.63) is 48.3 Å². The lowest BCUT2D eigenvalue weighted by molar-refractivity contribution is -0.121. The van der Waals surface area contributed by atoms with E-state index in [1.54, 1.807) is 18.1 Å². The third kappa shape index (κ3) is 3.39. The number of carbonyl (C=O) groups is 2. The zero-order chi connectivity index (χ0) is 16.2. The van der Waals surface area contributed by atoms with Crippen molar-refractivity contribution < 1.29 is 9.59 Å². The van der Waals surface area contributed by atoms with E-state index < -0.39 is 0 Å². The summed E-state index contributed by atoms with van der Waals surface area (Å²) >= 11 is 0. The lowest BCUT2D eigenvalue weighted by Gasteiger charge is -2.23. The summed E-state index contributed by atoms with van der Waals surface area (Å²) in [7, 11) is 1.63. The van der Waals surface area contributed by atoms with E-state index in [1.807, 2.05) is 18.3 Å². The average molecular weight is 313 g/mol. The molecular formula is C16H19N5O2. The molecule has 0 radical (unpaired) electrons. The summed E-state index contributed by atoms with van der Waals surface area (Å²) in [5.74, 6) is -0.114. The smallest absolute Gasteiger partial charge is 0.274 e. The maximum atomic E-state index is 12.7. The minimum Gasteiger partial charge on any atom is -0.359 e. The summed E-state index contributed by atoms with van der Waals surface area (Å²) < 4.78 is 2.11. The lowest BCUT2D eigenvalue weighted by atomic mass is 10.0. The molecule has 3 rings (SSSR count). The second-order valence-corrected chi connectivity index (χ2v) is 5.67. The van der Waals surface area contributed by atoms with Crippen LogP contribution in [0.2, 0.25) is 0 Å². The van der Waals surface area contributed by atoms with E-state index >= 15 is 0 Å². The van der Waals surface area contributed by atoms with E-state index in [-0.39, 0.29) is 17.7 Å². The molecule has 0 bridgehead atoms. The van der Waals surface area contributed by atoms with E-state index in [0.29, 0.717) is 25.2 Å². The molecule has 2 amide bonds. The highest BCUT2D eigenvalue weighted by Crippen LogP contribution is 2.20. The molecule has 0 spiro atoms. The Morgan fingerprint density at radius 3 is 2.96 bits per heavy atom. The van der Waals surface area contributed by atoms with Crippen LogP contribution in [0.1, 0.15) is 22.6 Å². The first kappa shape index (κ1) is 15.2. The number of fused-ring (bicyclic) bond motifs is 1. The third-order valence-electron chi connectivity index (χ3n) is 4.03. The van der Waals surface area contributed by atoms with Gasteiger partial charge in [-0.25, -0.2) is 4.98 Å². The molecule has 0 fully saturated rings. The zero-order valence-corrected chi connectivity index (χ0v) is 13.0. The maximum Gasteiger partial charge on any atom is 0.274 e. The van der Waals surface area contributed by atoms with Crippen LogP contribution in [0.3, 0.4) is 0 Å². The minimum absolute atomic E-state index is 0.0162. The van der Waals surface area contributed by atoms with E-state index in [9.17, 15) is 9.59 Å². The molecule has 2 aromatic rings. The highest BCUT2D eigenvalue weighted by molar-refractivity contribution is 5.92. The molecule has 23 heavy (non-hydrogen) atoms. The van der Waals surface area contributed by atoms with Crippen LogP contribution < -0.4 is 5.32 Å². The molecule has 3 heterocycles. The van der Waals surface area contributed by atoms with Gasteiger partial charge in [-0.1, -0.05) is 0 Å². The van der Waals surface area contributed by atoms with Crippen molar-refractivity contribution in [1.82, 2.24) is 24.8 Å². The normalized spacial score (nSPS) is 17.3. The van der Waals surface area contributed by atoms with Crippen molar-refractivity contribution in [2.45, 2.75) is 19.5 Å². The van der Waals surface area contributed by atoms with Gasteiger partial charge in [0.05, 0.1) is 12.7 Å². The quantitative estimate of drug-likeness (QED) is 0.904. The van der Waals surface area contributed by atoms with Crippen LogP contribution in [-0.4, -0.2) is 44.8 Å². The fraction of sp³-hybridized carbons (Fsp3) is 0.375. The van der Waals surface area contributed by atoms with Gasteiger partial charge in [0.25, 0.3) is 5.91 Å². The minimum atomic E-state index is -0.158. The Balaban J connectivity index is 1.84. The number of aromatic nitrogens is 3. The van der Waals surface area contributed by atoms with Gasteiger partial charge in [0, 0.05) is 56.8 Å². The highest BCUT2D eigenvalue weighted by Gasteiger charge is 2.27.